The van der Waals surface area contributed by atoms with E-state index in [2.05, 4.69) is 41.0 Å². The third kappa shape index (κ3) is 6.25. The molecule has 4 aromatic rings. The standard InChI is InChI=1S/C26H28N8O2S2/c1-15(19-5-3-9-27-13-19)22(35)29-25-33-31-21(37-25)12-17-7-8-18(11-17)24-32-34-26(38-24)30-23(36)16(2)20-6-4-10-28-14-20/h3-6,9-10,13-18H,7-8,11-12H2,1-2H3,(H,29,33,35)(H,30,34,36)/t15-,16-,17-,18+/m1/s1. The number of amides is 2. The lowest BCUT2D eigenvalue weighted by atomic mass is 10.0. The van der Waals surface area contributed by atoms with E-state index in [1.165, 1.54) is 22.7 Å². The largest absolute Gasteiger partial charge is 0.300 e. The molecule has 4 atom stereocenters. The van der Waals surface area contributed by atoms with Gasteiger partial charge in [-0.1, -0.05) is 34.8 Å². The fourth-order valence-corrected chi connectivity index (χ4v) is 6.31. The van der Waals surface area contributed by atoms with E-state index in [0.29, 0.717) is 22.1 Å². The summed E-state index contributed by atoms with van der Waals surface area (Å²) in [5.74, 6) is -0.141. The van der Waals surface area contributed by atoms with Crippen LogP contribution in [0.4, 0.5) is 10.3 Å². The van der Waals surface area contributed by atoms with Gasteiger partial charge >= 0.3 is 0 Å². The highest BCUT2D eigenvalue weighted by molar-refractivity contribution is 7.15. The summed E-state index contributed by atoms with van der Waals surface area (Å²) < 4.78 is 0. The minimum atomic E-state index is -0.327. The normalized spacial score (nSPS) is 18.6. The van der Waals surface area contributed by atoms with Gasteiger partial charge in [-0.3, -0.25) is 19.6 Å². The van der Waals surface area contributed by atoms with Crippen LogP contribution in [-0.2, 0) is 16.0 Å². The molecule has 0 radical (unpaired) electrons. The second kappa shape index (κ2) is 11.8. The number of hydrogen-bond acceptors (Lipinski definition) is 10. The highest BCUT2D eigenvalue weighted by Gasteiger charge is 2.30. The number of nitrogens with one attached hydrogen (secondary N) is 2. The molecule has 0 aromatic carbocycles. The smallest absolute Gasteiger partial charge is 0.233 e. The van der Waals surface area contributed by atoms with E-state index >= 15 is 0 Å². The third-order valence-corrected chi connectivity index (χ3v) is 8.74. The maximum Gasteiger partial charge on any atom is 0.233 e. The van der Waals surface area contributed by atoms with Gasteiger partial charge in [-0.25, -0.2) is 0 Å². The summed E-state index contributed by atoms with van der Waals surface area (Å²) in [4.78, 5) is 33.4. The van der Waals surface area contributed by atoms with Gasteiger partial charge in [0.2, 0.25) is 22.1 Å². The van der Waals surface area contributed by atoms with E-state index in [4.69, 9.17) is 0 Å². The molecule has 196 valence electrons. The highest BCUT2D eigenvalue weighted by Crippen LogP contribution is 2.41. The zero-order valence-electron chi connectivity index (χ0n) is 21.1. The Morgan fingerprint density at radius 2 is 1.47 bits per heavy atom. The van der Waals surface area contributed by atoms with Crippen LogP contribution in [0.25, 0.3) is 0 Å². The molecular weight excluding hydrogens is 520 g/mol. The monoisotopic (exact) mass is 548 g/mol. The van der Waals surface area contributed by atoms with Crippen molar-refractivity contribution in [2.24, 2.45) is 5.92 Å². The summed E-state index contributed by atoms with van der Waals surface area (Å²) in [6.45, 7) is 3.69. The van der Waals surface area contributed by atoms with Crippen molar-refractivity contribution < 1.29 is 9.59 Å². The number of hydrogen-bond donors (Lipinski definition) is 2. The van der Waals surface area contributed by atoms with E-state index in [9.17, 15) is 9.59 Å². The molecule has 4 aromatic heterocycles. The summed E-state index contributed by atoms with van der Waals surface area (Å²) in [7, 11) is 0. The predicted octanol–water partition coefficient (Wildman–Crippen LogP) is 4.79. The summed E-state index contributed by atoms with van der Waals surface area (Å²) in [6.07, 6.45) is 10.6. The van der Waals surface area contributed by atoms with Gasteiger partial charge in [-0.05, 0) is 62.3 Å². The molecule has 0 bridgehead atoms. The van der Waals surface area contributed by atoms with E-state index in [1.807, 2.05) is 38.1 Å². The van der Waals surface area contributed by atoms with Crippen LogP contribution in [0.2, 0.25) is 0 Å². The maximum atomic E-state index is 12.6. The topological polar surface area (TPSA) is 136 Å². The summed E-state index contributed by atoms with van der Waals surface area (Å²) in [5, 5.41) is 25.7. The SMILES string of the molecule is C[C@@H](C(=O)Nc1nnc(C[C@@H]2CC[C@H](c3nnc(NC(=O)[C@H](C)c4cccnc4)s3)C2)s1)c1cccnc1. The number of carbonyl (C=O) groups excluding carboxylic acids is 2. The maximum absolute atomic E-state index is 12.6. The molecule has 1 fully saturated rings. The van der Waals surface area contributed by atoms with E-state index in [-0.39, 0.29) is 23.7 Å². The molecule has 10 nitrogen and oxygen atoms in total. The first-order valence-corrected chi connectivity index (χ1v) is 14.2. The van der Waals surface area contributed by atoms with Gasteiger partial charge in [-0.15, -0.1) is 20.4 Å². The van der Waals surface area contributed by atoms with Crippen LogP contribution in [0, 0.1) is 5.92 Å². The molecule has 0 unspecified atom stereocenters. The van der Waals surface area contributed by atoms with E-state index < -0.39 is 0 Å². The molecule has 1 aliphatic rings. The molecule has 4 heterocycles. The first-order chi connectivity index (χ1) is 18.5. The second-order valence-corrected chi connectivity index (χ2v) is 11.6. The van der Waals surface area contributed by atoms with Crippen molar-refractivity contribution in [3.8, 4) is 0 Å². The number of aromatic nitrogens is 6. The summed E-state index contributed by atoms with van der Waals surface area (Å²) in [5.41, 5.74) is 1.71. The van der Waals surface area contributed by atoms with Crippen LogP contribution in [0.3, 0.4) is 0 Å². The van der Waals surface area contributed by atoms with Gasteiger partial charge in [0.25, 0.3) is 0 Å². The van der Waals surface area contributed by atoms with Crippen molar-refractivity contribution in [1.82, 2.24) is 30.4 Å². The van der Waals surface area contributed by atoms with Crippen LogP contribution in [0.5, 0.6) is 0 Å². The van der Waals surface area contributed by atoms with E-state index in [0.717, 1.165) is 46.8 Å². The van der Waals surface area contributed by atoms with Crippen molar-refractivity contribution >= 4 is 44.8 Å². The minimum absolute atomic E-state index is 0.126. The Morgan fingerprint density at radius 1 is 0.868 bits per heavy atom. The second-order valence-electron chi connectivity index (χ2n) is 9.52. The average Bonchev–Trinajstić information content (AvgIpc) is 3.71. The van der Waals surface area contributed by atoms with Crippen LogP contribution >= 0.6 is 22.7 Å². The fraction of sp³-hybridized carbons (Fsp3) is 0.385. The Morgan fingerprint density at radius 3 is 2.08 bits per heavy atom. The molecule has 0 saturated heterocycles. The molecule has 12 heteroatoms. The molecule has 1 aliphatic carbocycles. The van der Waals surface area contributed by atoms with Crippen molar-refractivity contribution in [2.45, 2.75) is 57.3 Å². The van der Waals surface area contributed by atoms with Crippen LogP contribution < -0.4 is 10.6 Å². The number of nitrogens with zero attached hydrogens (tertiary/aromatic N) is 6. The molecule has 2 amide bonds. The van der Waals surface area contributed by atoms with Crippen molar-refractivity contribution in [3.05, 3.63) is 70.2 Å². The molecule has 1 saturated carbocycles. The van der Waals surface area contributed by atoms with Gasteiger partial charge in [-0.2, -0.15) is 0 Å². The molecule has 38 heavy (non-hydrogen) atoms. The Hall–Kier alpha value is -3.64. The molecule has 0 spiro atoms. The number of rotatable bonds is 9. The van der Waals surface area contributed by atoms with Crippen molar-refractivity contribution in [3.63, 3.8) is 0 Å². The van der Waals surface area contributed by atoms with Gasteiger partial charge in [0.05, 0.1) is 11.8 Å². The summed E-state index contributed by atoms with van der Waals surface area (Å²) in [6, 6.07) is 7.41. The first-order valence-electron chi connectivity index (χ1n) is 12.5. The molecule has 5 rings (SSSR count). The quantitative estimate of drug-likeness (QED) is 0.305. The summed E-state index contributed by atoms with van der Waals surface area (Å²) >= 11 is 2.87. The van der Waals surface area contributed by atoms with Gasteiger partial charge in [0.1, 0.15) is 10.0 Å². The average molecular weight is 549 g/mol. The lowest BCUT2D eigenvalue weighted by Gasteiger charge is -2.10. The zero-order chi connectivity index (χ0) is 26.5. The van der Waals surface area contributed by atoms with Crippen molar-refractivity contribution in [1.29, 1.82) is 0 Å². The Bertz CT molecular complexity index is 1380. The van der Waals surface area contributed by atoms with Gasteiger partial charge in [0.15, 0.2) is 0 Å². The first kappa shape index (κ1) is 26.0. The fourth-order valence-electron chi connectivity index (χ4n) is 4.56. The predicted molar refractivity (Wildman–Crippen MR) is 146 cm³/mol. The third-order valence-electron chi connectivity index (χ3n) is 6.88. The van der Waals surface area contributed by atoms with Crippen LogP contribution in [-0.4, -0.2) is 42.2 Å². The number of anilines is 2. The van der Waals surface area contributed by atoms with E-state index in [1.54, 1.807) is 24.8 Å². The Kier molecular flexibility index (Phi) is 8.08. The number of carbonyl (C=O) groups is 2. The number of pyridine rings is 2. The van der Waals surface area contributed by atoms with Crippen LogP contribution in [0.15, 0.2) is 49.1 Å². The molecule has 0 aliphatic heterocycles. The van der Waals surface area contributed by atoms with Crippen LogP contribution in [0.1, 0.15) is 72.0 Å². The van der Waals surface area contributed by atoms with Crippen molar-refractivity contribution in [2.75, 3.05) is 10.6 Å². The zero-order valence-corrected chi connectivity index (χ0v) is 22.7. The lowest BCUT2D eigenvalue weighted by molar-refractivity contribution is -0.118. The Labute approximate surface area is 228 Å². The van der Waals surface area contributed by atoms with Gasteiger partial charge in [0, 0.05) is 37.1 Å². The highest BCUT2D eigenvalue weighted by atomic mass is 32.1. The lowest BCUT2D eigenvalue weighted by Crippen LogP contribution is -2.18. The minimum Gasteiger partial charge on any atom is -0.300 e. The molecule has 2 N–H and O–H groups in total. The molecular formula is C26H28N8O2S2. The Balaban J connectivity index is 1.11. The van der Waals surface area contributed by atoms with Gasteiger partial charge < -0.3 is 10.6 Å².